The third-order valence-corrected chi connectivity index (χ3v) is 5.83. The van der Waals surface area contributed by atoms with Gasteiger partial charge in [0, 0.05) is 18.5 Å². The van der Waals surface area contributed by atoms with E-state index in [9.17, 15) is 13.2 Å². The van der Waals surface area contributed by atoms with Crippen LogP contribution in [0.5, 0.6) is 0 Å². The highest BCUT2D eigenvalue weighted by Gasteiger charge is 2.27. The summed E-state index contributed by atoms with van der Waals surface area (Å²) in [6.07, 6.45) is 2.80. The van der Waals surface area contributed by atoms with Gasteiger partial charge in [-0.3, -0.25) is 9.10 Å². The summed E-state index contributed by atoms with van der Waals surface area (Å²) in [7, 11) is -3.44. The summed E-state index contributed by atoms with van der Waals surface area (Å²) in [4.78, 5) is 12.4. The van der Waals surface area contributed by atoms with Crippen molar-refractivity contribution in [1.82, 2.24) is 5.32 Å². The van der Waals surface area contributed by atoms with Gasteiger partial charge in [-0.05, 0) is 55.0 Å². The number of sulfonamides is 1. The van der Waals surface area contributed by atoms with Gasteiger partial charge in [-0.15, -0.1) is 0 Å². The molecule has 0 atom stereocenters. The second-order valence-corrected chi connectivity index (χ2v) is 11.5. The van der Waals surface area contributed by atoms with Crippen molar-refractivity contribution >= 4 is 32.4 Å². The smallest absolute Gasteiger partial charge is 0.232 e. The van der Waals surface area contributed by atoms with Crippen molar-refractivity contribution in [1.29, 1.82) is 0 Å². The Bertz CT molecular complexity index is 959. The molecule has 0 heterocycles. The van der Waals surface area contributed by atoms with E-state index in [1.807, 2.05) is 56.3 Å². The van der Waals surface area contributed by atoms with E-state index in [1.165, 1.54) is 10.6 Å². The van der Waals surface area contributed by atoms with E-state index in [2.05, 4.69) is 26.1 Å². The molecule has 0 aliphatic carbocycles. The van der Waals surface area contributed by atoms with Gasteiger partial charge in [0.15, 0.2) is 0 Å². The number of amides is 1. The Morgan fingerprint density at radius 1 is 1.00 bits per heavy atom. The van der Waals surface area contributed by atoms with Crippen molar-refractivity contribution in [2.75, 3.05) is 17.1 Å². The fourth-order valence-corrected chi connectivity index (χ4v) is 4.97. The summed E-state index contributed by atoms with van der Waals surface area (Å²) in [5.41, 5.74) is 0.434. The maximum atomic E-state index is 12.4. The lowest BCUT2D eigenvalue weighted by Crippen LogP contribution is -2.46. The summed E-state index contributed by atoms with van der Waals surface area (Å²) in [6.45, 7) is 10.8. The number of anilines is 1. The summed E-state index contributed by atoms with van der Waals surface area (Å²) in [5, 5.41) is 5.13. The predicted molar refractivity (Wildman–Crippen MR) is 122 cm³/mol. The number of hydrogen-bond acceptors (Lipinski definition) is 3. The fourth-order valence-electron chi connectivity index (χ4n) is 4.01. The van der Waals surface area contributed by atoms with Crippen LogP contribution in [0.25, 0.3) is 10.8 Å². The normalized spacial score (nSPS) is 12.8. The van der Waals surface area contributed by atoms with Crippen molar-refractivity contribution in [3.63, 3.8) is 0 Å². The first-order chi connectivity index (χ1) is 13.3. The van der Waals surface area contributed by atoms with E-state index >= 15 is 0 Å². The van der Waals surface area contributed by atoms with Crippen molar-refractivity contribution < 1.29 is 13.2 Å². The number of nitrogens with zero attached hydrogens (tertiary/aromatic N) is 1. The molecule has 1 amide bonds. The highest BCUT2D eigenvalue weighted by molar-refractivity contribution is 7.92. The number of nitrogens with one attached hydrogen (secondary N) is 1. The van der Waals surface area contributed by atoms with Crippen LogP contribution < -0.4 is 9.62 Å². The van der Waals surface area contributed by atoms with E-state index < -0.39 is 10.0 Å². The first-order valence-electron chi connectivity index (χ1n) is 10.0. The number of rotatable bonds is 8. The molecule has 2 rings (SSSR count). The van der Waals surface area contributed by atoms with Crippen molar-refractivity contribution in [3.8, 4) is 0 Å². The Morgan fingerprint density at radius 2 is 1.62 bits per heavy atom. The van der Waals surface area contributed by atoms with Crippen LogP contribution in [0.2, 0.25) is 0 Å². The summed E-state index contributed by atoms with van der Waals surface area (Å²) in [5.74, 6) is -0.0498. The lowest BCUT2D eigenvalue weighted by atomic mass is 9.82. The topological polar surface area (TPSA) is 66.5 Å². The zero-order valence-corrected chi connectivity index (χ0v) is 19.3. The van der Waals surface area contributed by atoms with E-state index in [1.54, 1.807) is 0 Å². The van der Waals surface area contributed by atoms with Crippen LogP contribution in [0.3, 0.4) is 0 Å². The largest absolute Gasteiger partial charge is 0.351 e. The third kappa shape index (κ3) is 7.35. The average Bonchev–Trinajstić information content (AvgIpc) is 2.54. The predicted octanol–water partition coefficient (Wildman–Crippen LogP) is 4.72. The molecule has 2 aromatic carbocycles. The van der Waals surface area contributed by atoms with Crippen LogP contribution in [-0.2, 0) is 14.8 Å². The van der Waals surface area contributed by atoms with Crippen LogP contribution >= 0.6 is 0 Å². The first-order valence-corrected chi connectivity index (χ1v) is 11.9. The molecule has 0 spiro atoms. The van der Waals surface area contributed by atoms with E-state index in [-0.39, 0.29) is 29.8 Å². The number of carbonyl (C=O) groups is 1. The SMILES string of the molecule is CC(C)(C)CC(C)(C)NC(=O)CCCN(c1ccc2ccccc2c1)S(C)(=O)=O. The molecule has 5 nitrogen and oxygen atoms in total. The highest BCUT2D eigenvalue weighted by atomic mass is 32.2. The quantitative estimate of drug-likeness (QED) is 0.675. The van der Waals surface area contributed by atoms with Crippen molar-refractivity contribution in [2.24, 2.45) is 5.41 Å². The Balaban J connectivity index is 2.03. The van der Waals surface area contributed by atoms with Gasteiger partial charge in [0.1, 0.15) is 0 Å². The minimum absolute atomic E-state index is 0.0498. The molecule has 0 saturated carbocycles. The van der Waals surface area contributed by atoms with Gasteiger partial charge in [-0.1, -0.05) is 51.1 Å². The summed E-state index contributed by atoms with van der Waals surface area (Å²) >= 11 is 0. The molecular formula is C23H34N2O3S. The maximum Gasteiger partial charge on any atom is 0.232 e. The Hall–Kier alpha value is -2.08. The van der Waals surface area contributed by atoms with Crippen LogP contribution in [0, 0.1) is 5.41 Å². The lowest BCUT2D eigenvalue weighted by Gasteiger charge is -2.33. The van der Waals surface area contributed by atoms with Crippen LogP contribution in [-0.4, -0.2) is 32.7 Å². The standard InChI is InChI=1S/C23H34N2O3S/c1-22(2,3)17-23(4,5)24-21(26)12-9-15-25(29(6,27)28)20-14-13-18-10-7-8-11-19(18)16-20/h7-8,10-11,13-14,16H,9,12,15,17H2,1-6H3,(H,24,26). The fraction of sp³-hybridized carbons (Fsp3) is 0.522. The van der Waals surface area contributed by atoms with E-state index in [4.69, 9.17) is 0 Å². The minimum Gasteiger partial charge on any atom is -0.351 e. The second kappa shape index (κ2) is 8.74. The van der Waals surface area contributed by atoms with Crippen molar-refractivity contribution in [2.45, 2.75) is 59.4 Å². The monoisotopic (exact) mass is 418 g/mol. The molecule has 0 aliphatic heterocycles. The molecular weight excluding hydrogens is 384 g/mol. The summed E-state index contributed by atoms with van der Waals surface area (Å²) in [6, 6.07) is 13.5. The van der Waals surface area contributed by atoms with Crippen LogP contribution in [0.15, 0.2) is 42.5 Å². The molecule has 0 aromatic heterocycles. The molecule has 2 aromatic rings. The first kappa shape index (κ1) is 23.2. The molecule has 6 heteroatoms. The number of hydrogen-bond donors (Lipinski definition) is 1. The second-order valence-electron chi connectivity index (χ2n) is 9.64. The Morgan fingerprint density at radius 3 is 2.21 bits per heavy atom. The number of carbonyl (C=O) groups excluding carboxylic acids is 1. The third-order valence-electron chi connectivity index (χ3n) is 4.64. The van der Waals surface area contributed by atoms with Gasteiger partial charge in [0.05, 0.1) is 11.9 Å². The Labute approximate surface area is 175 Å². The number of benzene rings is 2. The van der Waals surface area contributed by atoms with Gasteiger partial charge >= 0.3 is 0 Å². The molecule has 29 heavy (non-hydrogen) atoms. The molecule has 0 fully saturated rings. The minimum atomic E-state index is -3.44. The van der Waals surface area contributed by atoms with E-state index in [0.29, 0.717) is 12.1 Å². The molecule has 0 aliphatic rings. The zero-order valence-electron chi connectivity index (χ0n) is 18.5. The summed E-state index contributed by atoms with van der Waals surface area (Å²) < 4.78 is 26.1. The van der Waals surface area contributed by atoms with Crippen molar-refractivity contribution in [3.05, 3.63) is 42.5 Å². The van der Waals surface area contributed by atoms with Gasteiger partial charge in [-0.2, -0.15) is 0 Å². The van der Waals surface area contributed by atoms with Gasteiger partial charge in [-0.25, -0.2) is 8.42 Å². The molecule has 0 saturated heterocycles. The zero-order chi connectivity index (χ0) is 21.9. The van der Waals surface area contributed by atoms with E-state index in [0.717, 1.165) is 17.2 Å². The Kier molecular flexibility index (Phi) is 6.99. The van der Waals surface area contributed by atoms with Crippen LogP contribution in [0.4, 0.5) is 5.69 Å². The average molecular weight is 419 g/mol. The number of fused-ring (bicyclic) bond motifs is 1. The molecule has 0 radical (unpaired) electrons. The maximum absolute atomic E-state index is 12.4. The molecule has 1 N–H and O–H groups in total. The van der Waals surface area contributed by atoms with Crippen LogP contribution in [0.1, 0.15) is 53.9 Å². The van der Waals surface area contributed by atoms with Gasteiger partial charge < -0.3 is 5.32 Å². The van der Waals surface area contributed by atoms with Gasteiger partial charge in [0.25, 0.3) is 0 Å². The lowest BCUT2D eigenvalue weighted by molar-refractivity contribution is -0.123. The highest BCUT2D eigenvalue weighted by Crippen LogP contribution is 2.27. The molecule has 0 bridgehead atoms. The van der Waals surface area contributed by atoms with Gasteiger partial charge in [0.2, 0.25) is 15.9 Å². The molecule has 160 valence electrons. The molecule has 0 unspecified atom stereocenters.